The van der Waals surface area contributed by atoms with Crippen LogP contribution in [0.3, 0.4) is 0 Å². The lowest BCUT2D eigenvalue weighted by Gasteiger charge is -2.18. The number of anilines is 1. The van der Waals surface area contributed by atoms with E-state index < -0.39 is 11.7 Å². The summed E-state index contributed by atoms with van der Waals surface area (Å²) in [6.07, 6.45) is 1.55. The third kappa shape index (κ3) is 6.06. The van der Waals surface area contributed by atoms with Gasteiger partial charge in [-0.2, -0.15) is 0 Å². The molecule has 0 spiro atoms. The lowest BCUT2D eigenvalue weighted by atomic mass is 10.2. The summed E-state index contributed by atoms with van der Waals surface area (Å²) in [7, 11) is 1.54. The van der Waals surface area contributed by atoms with Crippen LogP contribution in [0.4, 0.5) is 10.1 Å². The molecule has 2 rings (SSSR count). The van der Waals surface area contributed by atoms with E-state index in [0.717, 1.165) is 0 Å². The van der Waals surface area contributed by atoms with Gasteiger partial charge in [0.05, 0.1) is 12.3 Å². The maximum Gasteiger partial charge on any atom is 0.243 e. The molecule has 1 aromatic carbocycles. The van der Waals surface area contributed by atoms with Gasteiger partial charge in [-0.15, -0.1) is 0 Å². The molecule has 0 aromatic heterocycles. The molecule has 0 saturated carbocycles. The molecule has 140 valence electrons. The van der Waals surface area contributed by atoms with Gasteiger partial charge in [0, 0.05) is 25.7 Å². The van der Waals surface area contributed by atoms with E-state index >= 15 is 0 Å². The zero-order chi connectivity index (χ0) is 19.1. The van der Waals surface area contributed by atoms with Crippen LogP contribution in [-0.4, -0.2) is 57.7 Å². The Morgan fingerprint density at radius 3 is 2.81 bits per heavy atom. The number of amides is 3. The number of benzene rings is 1. The van der Waals surface area contributed by atoms with Gasteiger partial charge < -0.3 is 10.2 Å². The second-order valence-electron chi connectivity index (χ2n) is 5.87. The number of unbranched alkanes of at least 4 members (excludes halogenated alkanes) is 1. The van der Waals surface area contributed by atoms with Crippen molar-refractivity contribution in [1.29, 1.82) is 0 Å². The van der Waals surface area contributed by atoms with Gasteiger partial charge in [0.15, 0.2) is 0 Å². The number of thiocarbonyl (C=S) groups is 1. The second-order valence-corrected chi connectivity index (χ2v) is 7.47. The minimum atomic E-state index is -0.443. The molecule has 0 unspecified atom stereocenters. The van der Waals surface area contributed by atoms with Crippen molar-refractivity contribution in [3.8, 4) is 0 Å². The maximum atomic E-state index is 13.1. The van der Waals surface area contributed by atoms with Crippen LogP contribution in [0, 0.1) is 5.82 Å². The van der Waals surface area contributed by atoms with E-state index in [1.54, 1.807) is 18.0 Å². The molecule has 1 aromatic rings. The Morgan fingerprint density at radius 2 is 2.15 bits per heavy atom. The molecule has 0 atom stereocenters. The summed E-state index contributed by atoms with van der Waals surface area (Å²) < 4.78 is 13.7. The average Bonchev–Trinajstić information content (AvgIpc) is 2.89. The first kappa shape index (κ1) is 20.3. The highest BCUT2D eigenvalue weighted by atomic mass is 32.2. The van der Waals surface area contributed by atoms with Gasteiger partial charge in [0.2, 0.25) is 17.7 Å². The quantitative estimate of drug-likeness (QED) is 0.538. The zero-order valence-corrected chi connectivity index (χ0v) is 16.0. The standard InChI is InChI=1S/C17H20FN3O3S2/c1-20(10-14(22)19-13-6-4-5-12(18)9-13)15(23)7-2-3-8-21-16(24)11-26-17(21)25/h4-6,9H,2-3,7-8,10-11H2,1H3,(H,19,22). The first-order valence-electron chi connectivity index (χ1n) is 8.13. The van der Waals surface area contributed by atoms with Crippen LogP contribution in [-0.2, 0) is 14.4 Å². The largest absolute Gasteiger partial charge is 0.336 e. The predicted octanol–water partition coefficient (Wildman–Crippen LogP) is 2.25. The molecule has 0 aliphatic carbocycles. The number of carbonyl (C=O) groups is 3. The van der Waals surface area contributed by atoms with Crippen molar-refractivity contribution in [2.75, 3.05) is 31.2 Å². The van der Waals surface area contributed by atoms with E-state index in [4.69, 9.17) is 12.2 Å². The molecular formula is C17H20FN3O3S2. The molecule has 9 heteroatoms. The summed E-state index contributed by atoms with van der Waals surface area (Å²) >= 11 is 6.45. The number of carbonyl (C=O) groups excluding carboxylic acids is 3. The Hall–Kier alpha value is -2.00. The molecule has 1 aliphatic rings. The first-order valence-corrected chi connectivity index (χ1v) is 9.52. The van der Waals surface area contributed by atoms with Gasteiger partial charge in [0.1, 0.15) is 10.1 Å². The van der Waals surface area contributed by atoms with Crippen molar-refractivity contribution in [3.05, 3.63) is 30.1 Å². The topological polar surface area (TPSA) is 69.7 Å². The van der Waals surface area contributed by atoms with Gasteiger partial charge in [-0.25, -0.2) is 4.39 Å². The van der Waals surface area contributed by atoms with Crippen LogP contribution in [0.25, 0.3) is 0 Å². The average molecular weight is 397 g/mol. The molecule has 1 saturated heterocycles. The van der Waals surface area contributed by atoms with Gasteiger partial charge >= 0.3 is 0 Å². The minimum Gasteiger partial charge on any atom is -0.336 e. The number of halogens is 1. The molecular weight excluding hydrogens is 377 g/mol. The van der Waals surface area contributed by atoms with Crippen LogP contribution in [0.5, 0.6) is 0 Å². The monoisotopic (exact) mass is 397 g/mol. The second kappa shape index (κ2) is 9.63. The lowest BCUT2D eigenvalue weighted by Crippen LogP contribution is -2.35. The molecule has 1 aliphatic heterocycles. The number of hydrogen-bond donors (Lipinski definition) is 1. The fourth-order valence-corrected chi connectivity index (χ4v) is 3.53. The van der Waals surface area contributed by atoms with Crippen molar-refractivity contribution in [2.24, 2.45) is 0 Å². The number of nitrogens with one attached hydrogen (secondary N) is 1. The van der Waals surface area contributed by atoms with Crippen LogP contribution < -0.4 is 5.32 Å². The summed E-state index contributed by atoms with van der Waals surface area (Å²) in [4.78, 5) is 38.5. The highest BCUT2D eigenvalue weighted by Crippen LogP contribution is 2.19. The summed E-state index contributed by atoms with van der Waals surface area (Å²) in [5, 5.41) is 2.55. The van der Waals surface area contributed by atoms with E-state index in [9.17, 15) is 18.8 Å². The lowest BCUT2D eigenvalue weighted by molar-refractivity contribution is -0.133. The predicted molar refractivity (Wildman–Crippen MR) is 103 cm³/mol. The maximum absolute atomic E-state index is 13.1. The van der Waals surface area contributed by atoms with Crippen molar-refractivity contribution >= 4 is 51.7 Å². The smallest absolute Gasteiger partial charge is 0.243 e. The van der Waals surface area contributed by atoms with Crippen LogP contribution in [0.1, 0.15) is 19.3 Å². The Morgan fingerprint density at radius 1 is 1.38 bits per heavy atom. The molecule has 26 heavy (non-hydrogen) atoms. The van der Waals surface area contributed by atoms with Gasteiger partial charge in [0.25, 0.3) is 0 Å². The minimum absolute atomic E-state index is 0.0115. The van der Waals surface area contributed by atoms with E-state index in [1.165, 1.54) is 34.9 Å². The Bertz CT molecular complexity index is 698. The molecule has 6 nitrogen and oxygen atoms in total. The van der Waals surface area contributed by atoms with Gasteiger partial charge in [-0.1, -0.05) is 30.0 Å². The first-order chi connectivity index (χ1) is 12.4. The van der Waals surface area contributed by atoms with Crippen molar-refractivity contribution in [3.63, 3.8) is 0 Å². The van der Waals surface area contributed by atoms with E-state index in [2.05, 4.69) is 5.32 Å². The van der Waals surface area contributed by atoms with Gasteiger partial charge in [-0.05, 0) is 31.0 Å². The van der Waals surface area contributed by atoms with Crippen molar-refractivity contribution < 1.29 is 18.8 Å². The summed E-state index contributed by atoms with van der Waals surface area (Å²) in [6, 6.07) is 5.56. The van der Waals surface area contributed by atoms with E-state index in [-0.39, 0.29) is 24.8 Å². The Labute approximate surface area is 161 Å². The normalized spacial score (nSPS) is 13.8. The number of nitrogens with zero attached hydrogens (tertiary/aromatic N) is 2. The summed E-state index contributed by atoms with van der Waals surface area (Å²) in [6.45, 7) is 0.405. The number of thioether (sulfide) groups is 1. The molecule has 1 heterocycles. The SMILES string of the molecule is CN(CC(=O)Nc1cccc(F)c1)C(=O)CCCCN1C(=O)CSC1=S. The van der Waals surface area contributed by atoms with Crippen LogP contribution >= 0.6 is 24.0 Å². The van der Waals surface area contributed by atoms with E-state index in [1.807, 2.05) is 0 Å². The third-order valence-electron chi connectivity index (χ3n) is 3.78. The van der Waals surface area contributed by atoms with Crippen molar-refractivity contribution in [1.82, 2.24) is 9.80 Å². The fraction of sp³-hybridized carbons (Fsp3) is 0.412. The molecule has 0 radical (unpaired) electrons. The molecule has 3 amide bonds. The van der Waals surface area contributed by atoms with Gasteiger partial charge in [-0.3, -0.25) is 19.3 Å². The van der Waals surface area contributed by atoms with Crippen LogP contribution in [0.2, 0.25) is 0 Å². The fourth-order valence-electron chi connectivity index (χ4n) is 2.40. The number of hydrogen-bond acceptors (Lipinski definition) is 5. The number of likely N-dealkylation sites (N-methyl/N-ethyl adjacent to an activating group) is 1. The highest BCUT2D eigenvalue weighted by molar-refractivity contribution is 8.23. The molecule has 1 N–H and O–H groups in total. The molecule has 1 fully saturated rings. The third-order valence-corrected chi connectivity index (χ3v) is 5.21. The van der Waals surface area contributed by atoms with Crippen molar-refractivity contribution in [2.45, 2.75) is 19.3 Å². The van der Waals surface area contributed by atoms with Crippen LogP contribution in [0.15, 0.2) is 24.3 Å². The Balaban J connectivity index is 1.67. The molecule has 0 bridgehead atoms. The summed E-state index contributed by atoms with van der Waals surface area (Å²) in [5.41, 5.74) is 0.347. The highest BCUT2D eigenvalue weighted by Gasteiger charge is 2.25. The van der Waals surface area contributed by atoms with E-state index in [0.29, 0.717) is 35.1 Å². The number of rotatable bonds is 8. The zero-order valence-electron chi connectivity index (χ0n) is 14.4. The Kier molecular flexibility index (Phi) is 7.52. The summed E-state index contributed by atoms with van der Waals surface area (Å²) in [5.74, 6) is -0.597.